The van der Waals surface area contributed by atoms with Gasteiger partial charge in [-0.1, -0.05) is 97.1 Å². The van der Waals surface area contributed by atoms with Crippen molar-refractivity contribution >= 4 is 27.2 Å². The summed E-state index contributed by atoms with van der Waals surface area (Å²) in [6.45, 7) is 0. The van der Waals surface area contributed by atoms with Gasteiger partial charge < -0.3 is 5.32 Å². The van der Waals surface area contributed by atoms with E-state index in [0.29, 0.717) is 0 Å². The smallest absolute Gasteiger partial charge is 0.0629 e. The van der Waals surface area contributed by atoms with Crippen LogP contribution in [0.4, 0.5) is 5.69 Å². The second-order valence-corrected chi connectivity index (χ2v) is 7.83. The first-order chi connectivity index (χ1) is 14.4. The van der Waals surface area contributed by atoms with Gasteiger partial charge in [-0.3, -0.25) is 0 Å². The standard InChI is InChI=1S/C28H21N/c1-2-13-21(14-3-1)29-28-25-18-8-12-20-11-7-17-24(26(20)25)27(28)23-16-6-10-19-9-4-5-15-22(19)23/h1-18,27-29H. The molecule has 2 unspecified atom stereocenters. The van der Waals surface area contributed by atoms with E-state index in [0.717, 1.165) is 5.69 Å². The van der Waals surface area contributed by atoms with Crippen LogP contribution in [0, 0.1) is 0 Å². The Labute approximate surface area is 170 Å². The summed E-state index contributed by atoms with van der Waals surface area (Å²) in [6, 6.07) is 39.7. The molecule has 0 aliphatic heterocycles. The van der Waals surface area contributed by atoms with Crippen molar-refractivity contribution in [3.8, 4) is 0 Å². The van der Waals surface area contributed by atoms with Gasteiger partial charge >= 0.3 is 0 Å². The second-order valence-electron chi connectivity index (χ2n) is 7.83. The van der Waals surface area contributed by atoms with E-state index in [-0.39, 0.29) is 12.0 Å². The van der Waals surface area contributed by atoms with E-state index < -0.39 is 0 Å². The first kappa shape index (κ1) is 16.4. The second kappa shape index (κ2) is 6.49. The fraction of sp³-hybridized carbons (Fsp3) is 0.0714. The number of para-hydroxylation sites is 1. The van der Waals surface area contributed by atoms with E-state index in [1.807, 2.05) is 0 Å². The van der Waals surface area contributed by atoms with Crippen molar-refractivity contribution in [1.29, 1.82) is 0 Å². The molecule has 0 saturated heterocycles. The number of rotatable bonds is 3. The Kier molecular flexibility index (Phi) is 3.67. The molecule has 1 aliphatic carbocycles. The molecule has 1 aliphatic rings. The minimum Gasteiger partial charge on any atom is -0.377 e. The number of anilines is 1. The highest BCUT2D eigenvalue weighted by Gasteiger charge is 2.36. The van der Waals surface area contributed by atoms with Gasteiger partial charge in [-0.15, -0.1) is 0 Å². The van der Waals surface area contributed by atoms with Crippen molar-refractivity contribution in [1.82, 2.24) is 0 Å². The SMILES string of the molecule is c1ccc(NC2c3cccc4cccc(c34)C2c2cccc3ccccc23)cc1. The van der Waals surface area contributed by atoms with Crippen LogP contribution in [0.2, 0.25) is 0 Å². The summed E-state index contributed by atoms with van der Waals surface area (Å²) in [5.74, 6) is 0.266. The summed E-state index contributed by atoms with van der Waals surface area (Å²) in [7, 11) is 0. The third kappa shape index (κ3) is 2.55. The first-order valence-corrected chi connectivity index (χ1v) is 10.2. The molecule has 5 aromatic rings. The quantitative estimate of drug-likeness (QED) is 0.351. The molecule has 29 heavy (non-hydrogen) atoms. The number of nitrogens with one attached hydrogen (secondary N) is 1. The third-order valence-corrected chi connectivity index (χ3v) is 6.23. The molecule has 0 saturated carbocycles. The van der Waals surface area contributed by atoms with Gasteiger partial charge in [0.1, 0.15) is 0 Å². The van der Waals surface area contributed by atoms with E-state index in [4.69, 9.17) is 0 Å². The fourth-order valence-electron chi connectivity index (χ4n) is 5.02. The normalized spacial score (nSPS) is 17.7. The van der Waals surface area contributed by atoms with Crippen LogP contribution in [-0.4, -0.2) is 0 Å². The maximum atomic E-state index is 3.86. The molecule has 138 valence electrons. The highest BCUT2D eigenvalue weighted by Crippen LogP contribution is 2.51. The predicted octanol–water partition coefficient (Wildman–Crippen LogP) is 7.29. The largest absolute Gasteiger partial charge is 0.377 e. The van der Waals surface area contributed by atoms with Crippen LogP contribution in [0.1, 0.15) is 28.7 Å². The van der Waals surface area contributed by atoms with Crippen LogP contribution in [0.5, 0.6) is 0 Å². The average Bonchev–Trinajstić information content (AvgIpc) is 3.09. The van der Waals surface area contributed by atoms with Crippen molar-refractivity contribution in [2.45, 2.75) is 12.0 Å². The number of hydrogen-bond donors (Lipinski definition) is 1. The maximum absolute atomic E-state index is 3.86. The monoisotopic (exact) mass is 371 g/mol. The molecule has 0 spiro atoms. The van der Waals surface area contributed by atoms with Gasteiger partial charge in [-0.2, -0.15) is 0 Å². The van der Waals surface area contributed by atoms with Crippen LogP contribution in [-0.2, 0) is 0 Å². The lowest BCUT2D eigenvalue weighted by atomic mass is 9.85. The molecule has 0 fully saturated rings. The van der Waals surface area contributed by atoms with Crippen LogP contribution < -0.4 is 5.32 Å². The molecular weight excluding hydrogens is 350 g/mol. The van der Waals surface area contributed by atoms with Gasteiger partial charge in [0.15, 0.2) is 0 Å². The van der Waals surface area contributed by atoms with E-state index in [9.17, 15) is 0 Å². The zero-order chi connectivity index (χ0) is 19.2. The molecule has 1 nitrogen and oxygen atoms in total. The molecular formula is C28H21N. The van der Waals surface area contributed by atoms with Gasteiger partial charge in [0.25, 0.3) is 0 Å². The van der Waals surface area contributed by atoms with Gasteiger partial charge in [0.05, 0.1) is 6.04 Å². The Morgan fingerprint density at radius 3 is 1.93 bits per heavy atom. The number of hydrogen-bond acceptors (Lipinski definition) is 1. The minimum absolute atomic E-state index is 0.198. The summed E-state index contributed by atoms with van der Waals surface area (Å²) in [5.41, 5.74) is 5.36. The van der Waals surface area contributed by atoms with Gasteiger partial charge in [-0.05, 0) is 50.4 Å². The molecule has 1 heteroatoms. The molecule has 0 heterocycles. The summed E-state index contributed by atoms with van der Waals surface area (Å²) in [5, 5.41) is 9.22. The molecule has 6 rings (SSSR count). The summed E-state index contributed by atoms with van der Waals surface area (Å²) < 4.78 is 0. The predicted molar refractivity (Wildman–Crippen MR) is 123 cm³/mol. The topological polar surface area (TPSA) is 12.0 Å². The lowest BCUT2D eigenvalue weighted by Gasteiger charge is -2.26. The molecule has 0 radical (unpaired) electrons. The number of benzene rings is 5. The van der Waals surface area contributed by atoms with E-state index in [1.165, 1.54) is 38.2 Å². The van der Waals surface area contributed by atoms with Crippen molar-refractivity contribution in [2.24, 2.45) is 0 Å². The zero-order valence-corrected chi connectivity index (χ0v) is 16.0. The third-order valence-electron chi connectivity index (χ3n) is 6.23. The van der Waals surface area contributed by atoms with Gasteiger partial charge in [-0.25, -0.2) is 0 Å². The molecule has 5 aromatic carbocycles. The van der Waals surface area contributed by atoms with E-state index in [1.54, 1.807) is 0 Å². The van der Waals surface area contributed by atoms with Gasteiger partial charge in [0.2, 0.25) is 0 Å². The van der Waals surface area contributed by atoms with Crippen LogP contribution in [0.15, 0.2) is 109 Å². The van der Waals surface area contributed by atoms with Crippen molar-refractivity contribution in [3.63, 3.8) is 0 Å². The minimum atomic E-state index is 0.198. The molecule has 2 atom stereocenters. The van der Waals surface area contributed by atoms with Crippen LogP contribution in [0.25, 0.3) is 21.5 Å². The Morgan fingerprint density at radius 2 is 1.10 bits per heavy atom. The Bertz CT molecular complexity index is 1330. The van der Waals surface area contributed by atoms with Crippen molar-refractivity contribution in [3.05, 3.63) is 126 Å². The van der Waals surface area contributed by atoms with Crippen LogP contribution in [0.3, 0.4) is 0 Å². The fourth-order valence-corrected chi connectivity index (χ4v) is 5.02. The lowest BCUT2D eigenvalue weighted by molar-refractivity contribution is 0.709. The maximum Gasteiger partial charge on any atom is 0.0629 e. The van der Waals surface area contributed by atoms with Crippen molar-refractivity contribution in [2.75, 3.05) is 5.32 Å². The Balaban J connectivity index is 1.61. The summed E-state index contributed by atoms with van der Waals surface area (Å²) in [4.78, 5) is 0. The zero-order valence-electron chi connectivity index (χ0n) is 16.0. The highest BCUT2D eigenvalue weighted by molar-refractivity contribution is 5.95. The Morgan fingerprint density at radius 1 is 0.483 bits per heavy atom. The molecule has 0 amide bonds. The lowest BCUT2D eigenvalue weighted by Crippen LogP contribution is -2.16. The average molecular weight is 371 g/mol. The molecule has 0 aromatic heterocycles. The summed E-state index contributed by atoms with van der Waals surface area (Å²) >= 11 is 0. The molecule has 0 bridgehead atoms. The van der Waals surface area contributed by atoms with Crippen LogP contribution >= 0.6 is 0 Å². The Hall–Kier alpha value is -3.58. The molecule has 1 N–H and O–H groups in total. The number of fused-ring (bicyclic) bond motifs is 1. The highest BCUT2D eigenvalue weighted by atomic mass is 14.9. The first-order valence-electron chi connectivity index (χ1n) is 10.2. The van der Waals surface area contributed by atoms with E-state index >= 15 is 0 Å². The van der Waals surface area contributed by atoms with Crippen molar-refractivity contribution < 1.29 is 0 Å². The summed E-state index contributed by atoms with van der Waals surface area (Å²) in [6.07, 6.45) is 0. The van der Waals surface area contributed by atoms with Gasteiger partial charge in [0, 0.05) is 11.6 Å². The van der Waals surface area contributed by atoms with E-state index in [2.05, 4.69) is 115 Å².